The number of nitrogens with one attached hydrogen (secondary N) is 1. The zero-order valence-electron chi connectivity index (χ0n) is 13.4. The van der Waals surface area contributed by atoms with Crippen LogP contribution in [0.15, 0.2) is 54.7 Å². The number of amides is 1. The van der Waals surface area contributed by atoms with Crippen molar-refractivity contribution in [3.05, 3.63) is 77.4 Å². The van der Waals surface area contributed by atoms with Crippen molar-refractivity contribution in [1.29, 1.82) is 0 Å². The Morgan fingerprint density at radius 3 is 2.42 bits per heavy atom. The van der Waals surface area contributed by atoms with E-state index < -0.39 is 0 Å². The number of benzene rings is 2. The Kier molecular flexibility index (Phi) is 4.33. The first-order valence-corrected chi connectivity index (χ1v) is 7.51. The Balaban J connectivity index is 1.86. The van der Waals surface area contributed by atoms with Gasteiger partial charge in [0.15, 0.2) is 5.82 Å². The van der Waals surface area contributed by atoms with Crippen LogP contribution in [0.4, 0.5) is 10.1 Å². The van der Waals surface area contributed by atoms with Gasteiger partial charge in [-0.3, -0.25) is 4.79 Å². The van der Waals surface area contributed by atoms with Crippen LogP contribution in [0.1, 0.15) is 21.6 Å². The number of hydrogen-bond donors (Lipinski definition) is 1. The topological polar surface area (TPSA) is 54.9 Å². The van der Waals surface area contributed by atoms with Crippen LogP contribution in [0.5, 0.6) is 0 Å². The Bertz CT molecular complexity index is 891. The fourth-order valence-corrected chi connectivity index (χ4v) is 2.33. The fourth-order valence-electron chi connectivity index (χ4n) is 2.33. The summed E-state index contributed by atoms with van der Waals surface area (Å²) in [6.45, 7) is 3.68. The van der Waals surface area contributed by atoms with Gasteiger partial charge < -0.3 is 5.32 Å². The molecule has 1 heterocycles. The van der Waals surface area contributed by atoms with Gasteiger partial charge in [0.25, 0.3) is 5.91 Å². The number of anilines is 1. The molecule has 0 aliphatic carbocycles. The molecule has 1 aromatic heterocycles. The second-order valence-corrected chi connectivity index (χ2v) is 5.47. The highest BCUT2D eigenvalue weighted by Gasteiger charge is 2.13. The van der Waals surface area contributed by atoms with Crippen molar-refractivity contribution >= 4 is 11.6 Å². The number of para-hydroxylation sites is 1. The fraction of sp³-hybridized carbons (Fsp3) is 0.105. The molecule has 0 saturated carbocycles. The van der Waals surface area contributed by atoms with E-state index in [1.54, 1.807) is 19.1 Å². The van der Waals surface area contributed by atoms with Crippen LogP contribution in [0, 0.1) is 19.7 Å². The van der Waals surface area contributed by atoms with E-state index in [2.05, 4.69) is 15.3 Å². The zero-order chi connectivity index (χ0) is 17.1. The molecule has 0 aliphatic rings. The SMILES string of the molecule is Cc1ccccc1NC(=O)c1cnc(-c2ccc(F)cc2)nc1C. The van der Waals surface area contributed by atoms with Crippen molar-refractivity contribution in [2.45, 2.75) is 13.8 Å². The molecule has 0 unspecified atom stereocenters. The van der Waals surface area contributed by atoms with Gasteiger partial charge in [-0.15, -0.1) is 0 Å². The van der Waals surface area contributed by atoms with Crippen molar-refractivity contribution in [3.63, 3.8) is 0 Å². The molecule has 24 heavy (non-hydrogen) atoms. The van der Waals surface area contributed by atoms with Crippen molar-refractivity contribution in [2.24, 2.45) is 0 Å². The van der Waals surface area contributed by atoms with E-state index in [0.717, 1.165) is 11.3 Å². The molecular formula is C19H16FN3O. The maximum Gasteiger partial charge on any atom is 0.259 e. The summed E-state index contributed by atoms with van der Waals surface area (Å²) in [6, 6.07) is 13.5. The summed E-state index contributed by atoms with van der Waals surface area (Å²) < 4.78 is 13.0. The van der Waals surface area contributed by atoms with Crippen LogP contribution >= 0.6 is 0 Å². The van der Waals surface area contributed by atoms with Crippen molar-refractivity contribution in [1.82, 2.24) is 9.97 Å². The average molecular weight is 321 g/mol. The first-order chi connectivity index (χ1) is 11.5. The third-order valence-electron chi connectivity index (χ3n) is 3.72. The number of carbonyl (C=O) groups is 1. The third-order valence-corrected chi connectivity index (χ3v) is 3.72. The number of nitrogens with zero attached hydrogens (tertiary/aromatic N) is 2. The lowest BCUT2D eigenvalue weighted by Crippen LogP contribution is -2.15. The van der Waals surface area contributed by atoms with Gasteiger partial charge >= 0.3 is 0 Å². The van der Waals surface area contributed by atoms with Gasteiger partial charge in [-0.1, -0.05) is 18.2 Å². The first kappa shape index (κ1) is 15.8. The standard InChI is InChI=1S/C19H16FN3O/c1-12-5-3-4-6-17(12)23-19(24)16-11-21-18(22-13(16)2)14-7-9-15(20)10-8-14/h3-11H,1-2H3,(H,23,24). The maximum atomic E-state index is 13.0. The van der Waals surface area contributed by atoms with Crippen LogP contribution in [-0.2, 0) is 0 Å². The minimum absolute atomic E-state index is 0.257. The normalized spacial score (nSPS) is 10.5. The highest BCUT2D eigenvalue weighted by molar-refractivity contribution is 6.05. The molecule has 4 nitrogen and oxygen atoms in total. The molecular weight excluding hydrogens is 305 g/mol. The highest BCUT2D eigenvalue weighted by atomic mass is 19.1. The van der Waals surface area contributed by atoms with Gasteiger partial charge in [0.1, 0.15) is 5.82 Å². The summed E-state index contributed by atoms with van der Waals surface area (Å²) in [6.07, 6.45) is 1.49. The Morgan fingerprint density at radius 2 is 1.75 bits per heavy atom. The van der Waals surface area contributed by atoms with Crippen molar-refractivity contribution in [3.8, 4) is 11.4 Å². The molecule has 3 rings (SSSR count). The third kappa shape index (κ3) is 3.30. The Hall–Kier alpha value is -3.08. The number of hydrogen-bond acceptors (Lipinski definition) is 3. The molecule has 5 heteroatoms. The Morgan fingerprint density at radius 1 is 1.04 bits per heavy atom. The predicted molar refractivity (Wildman–Crippen MR) is 91.3 cm³/mol. The molecule has 1 N–H and O–H groups in total. The maximum absolute atomic E-state index is 13.0. The van der Waals surface area contributed by atoms with E-state index >= 15 is 0 Å². The van der Waals surface area contributed by atoms with Gasteiger partial charge in [0.05, 0.1) is 11.3 Å². The molecule has 0 radical (unpaired) electrons. The zero-order valence-corrected chi connectivity index (χ0v) is 13.4. The van der Waals surface area contributed by atoms with Crippen LogP contribution in [-0.4, -0.2) is 15.9 Å². The number of rotatable bonds is 3. The minimum atomic E-state index is -0.315. The van der Waals surface area contributed by atoms with Crippen LogP contribution in [0.3, 0.4) is 0 Å². The quantitative estimate of drug-likeness (QED) is 0.788. The van der Waals surface area contributed by atoms with Gasteiger partial charge in [0, 0.05) is 17.4 Å². The summed E-state index contributed by atoms with van der Waals surface area (Å²) in [7, 11) is 0. The van der Waals surface area contributed by atoms with Crippen molar-refractivity contribution < 1.29 is 9.18 Å². The van der Waals surface area contributed by atoms with Gasteiger partial charge in [-0.05, 0) is 49.7 Å². The molecule has 1 amide bonds. The van der Waals surface area contributed by atoms with Gasteiger partial charge in [-0.25, -0.2) is 14.4 Å². The second kappa shape index (κ2) is 6.58. The lowest BCUT2D eigenvalue weighted by molar-refractivity contribution is 0.102. The largest absolute Gasteiger partial charge is 0.322 e. The van der Waals surface area contributed by atoms with Gasteiger partial charge in [0.2, 0.25) is 0 Å². The first-order valence-electron chi connectivity index (χ1n) is 7.51. The summed E-state index contributed by atoms with van der Waals surface area (Å²) in [5.41, 5.74) is 3.40. The number of halogens is 1. The molecule has 0 atom stereocenters. The van der Waals surface area contributed by atoms with E-state index in [1.807, 2.05) is 31.2 Å². The van der Waals surface area contributed by atoms with E-state index in [4.69, 9.17) is 0 Å². The predicted octanol–water partition coefficient (Wildman–Crippen LogP) is 4.15. The van der Waals surface area contributed by atoms with Crippen LogP contribution < -0.4 is 5.32 Å². The van der Waals surface area contributed by atoms with Gasteiger partial charge in [-0.2, -0.15) is 0 Å². The molecule has 3 aromatic rings. The molecule has 120 valence electrons. The smallest absolute Gasteiger partial charge is 0.259 e. The van der Waals surface area contributed by atoms with Crippen molar-refractivity contribution in [2.75, 3.05) is 5.32 Å². The van der Waals surface area contributed by atoms with E-state index in [-0.39, 0.29) is 11.7 Å². The second-order valence-electron chi connectivity index (χ2n) is 5.47. The minimum Gasteiger partial charge on any atom is -0.322 e. The van der Waals surface area contributed by atoms with E-state index in [1.165, 1.54) is 18.3 Å². The summed E-state index contributed by atoms with van der Waals surface area (Å²) in [5.74, 6) is -0.114. The molecule has 0 fully saturated rings. The molecule has 0 saturated heterocycles. The van der Waals surface area contributed by atoms with E-state index in [0.29, 0.717) is 22.6 Å². The Labute approximate surface area is 139 Å². The monoisotopic (exact) mass is 321 g/mol. The molecule has 0 aliphatic heterocycles. The molecule has 0 bridgehead atoms. The summed E-state index contributed by atoms with van der Waals surface area (Å²) in [5, 5.41) is 2.87. The summed E-state index contributed by atoms with van der Waals surface area (Å²) in [4.78, 5) is 21.0. The van der Waals surface area contributed by atoms with Crippen LogP contribution in [0.2, 0.25) is 0 Å². The van der Waals surface area contributed by atoms with Crippen LogP contribution in [0.25, 0.3) is 11.4 Å². The number of carbonyl (C=O) groups excluding carboxylic acids is 1. The molecule has 2 aromatic carbocycles. The molecule has 0 spiro atoms. The highest BCUT2D eigenvalue weighted by Crippen LogP contribution is 2.19. The average Bonchev–Trinajstić information content (AvgIpc) is 2.57. The number of aromatic nitrogens is 2. The lowest BCUT2D eigenvalue weighted by Gasteiger charge is -2.10. The summed E-state index contributed by atoms with van der Waals surface area (Å²) >= 11 is 0. The lowest BCUT2D eigenvalue weighted by atomic mass is 10.1. The van der Waals surface area contributed by atoms with E-state index in [9.17, 15) is 9.18 Å². The number of aryl methyl sites for hydroxylation is 2.